The van der Waals surface area contributed by atoms with E-state index in [1.807, 2.05) is 6.07 Å². The number of nitrogens with zero attached hydrogens (tertiary/aromatic N) is 2. The predicted octanol–water partition coefficient (Wildman–Crippen LogP) is 0.0162. The number of aryl methyl sites for hydroxylation is 1. The van der Waals surface area contributed by atoms with Gasteiger partial charge in [0.2, 0.25) is 0 Å². The molecule has 1 amide bonds. The van der Waals surface area contributed by atoms with Crippen molar-refractivity contribution >= 4 is 5.91 Å². The number of primary amides is 1. The first-order chi connectivity index (χ1) is 8.15. The minimum atomic E-state index is -0.635. The molecule has 2 N–H and O–H groups in total. The van der Waals surface area contributed by atoms with Crippen LogP contribution in [0.3, 0.4) is 0 Å². The zero-order chi connectivity index (χ0) is 12.7. The van der Waals surface area contributed by atoms with Crippen LogP contribution in [-0.2, 0) is 11.3 Å². The van der Waals surface area contributed by atoms with Gasteiger partial charge in [-0.15, -0.1) is 0 Å². The third-order valence-corrected chi connectivity index (χ3v) is 2.04. The predicted molar refractivity (Wildman–Crippen MR) is 60.2 cm³/mol. The van der Waals surface area contributed by atoms with Gasteiger partial charge in [0.05, 0.1) is 6.07 Å². The summed E-state index contributed by atoms with van der Waals surface area (Å²) in [5.41, 5.74) is 4.59. The average Bonchev–Trinajstić information content (AvgIpc) is 2.30. The number of pyridine rings is 1. The quantitative estimate of drug-likeness (QED) is 0.702. The van der Waals surface area contributed by atoms with E-state index in [4.69, 9.17) is 15.7 Å². The minimum Gasteiger partial charge on any atom is -0.478 e. The minimum absolute atomic E-state index is 0.0863. The molecule has 90 valence electrons. The van der Waals surface area contributed by atoms with Crippen molar-refractivity contribution in [1.82, 2.24) is 4.57 Å². The third kappa shape index (κ3) is 3.99. The Kier molecular flexibility index (Phi) is 4.76. The molecule has 0 atom stereocenters. The molecule has 0 aliphatic rings. The fourth-order valence-corrected chi connectivity index (χ4v) is 1.28. The third-order valence-electron chi connectivity index (χ3n) is 2.04. The van der Waals surface area contributed by atoms with Crippen molar-refractivity contribution in [1.29, 1.82) is 5.26 Å². The molecule has 0 aromatic carbocycles. The molecule has 0 unspecified atom stereocenters. The standard InChI is InChI=1S/C11H13N3O3/c12-5-1-2-6-14-7-3-4-9(11(14)16)17-8-10(13)15/h3-4,7H,1-2,6,8H2,(H2,13,15). The summed E-state index contributed by atoms with van der Waals surface area (Å²) in [6, 6.07) is 5.13. The highest BCUT2D eigenvalue weighted by atomic mass is 16.5. The first-order valence-corrected chi connectivity index (χ1v) is 5.12. The highest BCUT2D eigenvalue weighted by molar-refractivity contribution is 5.75. The Morgan fingerprint density at radius 1 is 1.59 bits per heavy atom. The average molecular weight is 235 g/mol. The molecule has 0 radical (unpaired) electrons. The van der Waals surface area contributed by atoms with E-state index in [9.17, 15) is 9.59 Å². The van der Waals surface area contributed by atoms with E-state index in [1.54, 1.807) is 12.3 Å². The molecule has 6 nitrogen and oxygen atoms in total. The van der Waals surface area contributed by atoms with E-state index in [0.717, 1.165) is 0 Å². The maximum Gasteiger partial charge on any atom is 0.292 e. The van der Waals surface area contributed by atoms with E-state index >= 15 is 0 Å². The second kappa shape index (κ2) is 6.33. The van der Waals surface area contributed by atoms with Gasteiger partial charge in [0.25, 0.3) is 11.5 Å². The second-order valence-electron chi connectivity index (χ2n) is 3.39. The van der Waals surface area contributed by atoms with Crippen LogP contribution in [0.4, 0.5) is 0 Å². The van der Waals surface area contributed by atoms with Gasteiger partial charge in [-0.2, -0.15) is 5.26 Å². The van der Waals surface area contributed by atoms with Crippen molar-refractivity contribution in [3.05, 3.63) is 28.7 Å². The summed E-state index contributed by atoms with van der Waals surface area (Å²) in [4.78, 5) is 22.3. The topological polar surface area (TPSA) is 98.1 Å². The lowest BCUT2D eigenvalue weighted by Crippen LogP contribution is -2.25. The Hall–Kier alpha value is -2.29. The number of hydrogen-bond donors (Lipinski definition) is 1. The lowest BCUT2D eigenvalue weighted by molar-refractivity contribution is -0.119. The van der Waals surface area contributed by atoms with Gasteiger partial charge >= 0.3 is 0 Å². The maximum atomic E-state index is 11.8. The first kappa shape index (κ1) is 12.8. The lowest BCUT2D eigenvalue weighted by Gasteiger charge is -2.07. The molecule has 0 spiro atoms. The molecule has 0 aliphatic carbocycles. The van der Waals surface area contributed by atoms with Crippen LogP contribution < -0.4 is 16.0 Å². The summed E-state index contributed by atoms with van der Waals surface area (Å²) in [5.74, 6) is -0.549. The fourth-order valence-electron chi connectivity index (χ4n) is 1.28. The van der Waals surface area contributed by atoms with Crippen LogP contribution in [0.15, 0.2) is 23.1 Å². The molecule has 0 fully saturated rings. The van der Waals surface area contributed by atoms with Crippen molar-refractivity contribution in [3.8, 4) is 11.8 Å². The van der Waals surface area contributed by atoms with E-state index < -0.39 is 5.91 Å². The van der Waals surface area contributed by atoms with Crippen LogP contribution in [-0.4, -0.2) is 17.1 Å². The van der Waals surface area contributed by atoms with Crippen molar-refractivity contribution in [3.63, 3.8) is 0 Å². The number of ether oxygens (including phenoxy) is 1. The molecule has 1 heterocycles. The normalized spacial score (nSPS) is 9.59. The molecule has 0 saturated heterocycles. The maximum absolute atomic E-state index is 11.8. The highest BCUT2D eigenvalue weighted by Crippen LogP contribution is 2.02. The summed E-state index contributed by atoms with van der Waals surface area (Å²) in [6.45, 7) is 0.123. The molecule has 1 aromatic heterocycles. The summed E-state index contributed by atoms with van der Waals surface area (Å²) in [7, 11) is 0. The van der Waals surface area contributed by atoms with Crippen molar-refractivity contribution in [2.45, 2.75) is 19.4 Å². The summed E-state index contributed by atoms with van der Waals surface area (Å²) >= 11 is 0. The molecule has 1 rings (SSSR count). The Balaban J connectivity index is 2.74. The van der Waals surface area contributed by atoms with Gasteiger partial charge in [-0.3, -0.25) is 9.59 Å². The summed E-state index contributed by atoms with van der Waals surface area (Å²) < 4.78 is 6.41. The number of nitrogens with two attached hydrogens (primary N) is 1. The zero-order valence-corrected chi connectivity index (χ0v) is 9.26. The number of hydrogen-bond acceptors (Lipinski definition) is 4. The van der Waals surface area contributed by atoms with Crippen LogP contribution in [0.5, 0.6) is 5.75 Å². The summed E-state index contributed by atoms with van der Waals surface area (Å²) in [5, 5.41) is 8.40. The lowest BCUT2D eigenvalue weighted by atomic mass is 10.3. The highest BCUT2D eigenvalue weighted by Gasteiger charge is 2.05. The Morgan fingerprint density at radius 3 is 3.00 bits per heavy atom. The molecule has 1 aromatic rings. The van der Waals surface area contributed by atoms with Crippen LogP contribution >= 0.6 is 0 Å². The zero-order valence-electron chi connectivity index (χ0n) is 9.26. The smallest absolute Gasteiger partial charge is 0.292 e. The number of carbonyl (C=O) groups excluding carboxylic acids is 1. The van der Waals surface area contributed by atoms with E-state index in [-0.39, 0.29) is 17.9 Å². The molecule has 0 aliphatic heterocycles. The van der Waals surface area contributed by atoms with E-state index in [1.165, 1.54) is 10.6 Å². The summed E-state index contributed by atoms with van der Waals surface area (Å²) in [6.07, 6.45) is 2.59. The van der Waals surface area contributed by atoms with E-state index in [0.29, 0.717) is 19.4 Å². The van der Waals surface area contributed by atoms with Crippen LogP contribution in [0.1, 0.15) is 12.8 Å². The van der Waals surface area contributed by atoms with Gasteiger partial charge in [0.15, 0.2) is 12.4 Å². The van der Waals surface area contributed by atoms with Crippen molar-refractivity contribution in [2.75, 3.05) is 6.61 Å². The second-order valence-corrected chi connectivity index (χ2v) is 3.39. The first-order valence-electron chi connectivity index (χ1n) is 5.12. The molecule has 0 bridgehead atoms. The van der Waals surface area contributed by atoms with Gasteiger partial charge in [0, 0.05) is 19.2 Å². The van der Waals surface area contributed by atoms with Gasteiger partial charge in [-0.1, -0.05) is 0 Å². The van der Waals surface area contributed by atoms with E-state index in [2.05, 4.69) is 0 Å². The van der Waals surface area contributed by atoms with Crippen molar-refractivity contribution < 1.29 is 9.53 Å². The Morgan fingerprint density at radius 2 is 2.35 bits per heavy atom. The van der Waals surface area contributed by atoms with Crippen molar-refractivity contribution in [2.24, 2.45) is 5.73 Å². The molecular weight excluding hydrogens is 222 g/mol. The van der Waals surface area contributed by atoms with Crippen LogP contribution in [0.2, 0.25) is 0 Å². The van der Waals surface area contributed by atoms with Crippen LogP contribution in [0, 0.1) is 11.3 Å². The number of carbonyl (C=O) groups is 1. The molecule has 17 heavy (non-hydrogen) atoms. The number of unbranched alkanes of at least 4 members (excludes halogenated alkanes) is 1. The molecule has 6 heteroatoms. The number of rotatable bonds is 6. The largest absolute Gasteiger partial charge is 0.478 e. The monoisotopic (exact) mass is 235 g/mol. The van der Waals surface area contributed by atoms with Gasteiger partial charge in [-0.05, 0) is 18.6 Å². The number of nitriles is 1. The number of amides is 1. The Labute approximate surface area is 98.2 Å². The van der Waals surface area contributed by atoms with Crippen LogP contribution in [0.25, 0.3) is 0 Å². The van der Waals surface area contributed by atoms with Gasteiger partial charge in [-0.25, -0.2) is 0 Å². The molecular formula is C11H13N3O3. The SMILES string of the molecule is N#CCCCn1cccc(OCC(N)=O)c1=O. The molecule has 0 saturated carbocycles. The fraction of sp³-hybridized carbons (Fsp3) is 0.364. The Bertz CT molecular complexity index is 487. The number of aromatic nitrogens is 1. The van der Waals surface area contributed by atoms with Gasteiger partial charge in [0.1, 0.15) is 0 Å². The van der Waals surface area contributed by atoms with Gasteiger partial charge < -0.3 is 15.0 Å².